The van der Waals surface area contributed by atoms with Crippen molar-refractivity contribution in [3.05, 3.63) is 55.1 Å². The van der Waals surface area contributed by atoms with Crippen molar-refractivity contribution in [2.24, 2.45) is 0 Å². The maximum Gasteiger partial charge on any atom is 0.338 e. The number of rotatable bonds is 9. The van der Waals surface area contributed by atoms with Crippen LogP contribution in [0.25, 0.3) is 0 Å². The molecule has 0 saturated heterocycles. The fraction of sp³-hybridized carbons (Fsp3) is 0.250. The number of esters is 1. The molecule has 0 atom stereocenters. The van der Waals surface area contributed by atoms with Crippen LogP contribution < -0.4 is 4.72 Å². The van der Waals surface area contributed by atoms with Crippen molar-refractivity contribution in [1.82, 2.24) is 4.90 Å². The van der Waals surface area contributed by atoms with Crippen molar-refractivity contribution in [3.63, 3.8) is 0 Å². The first-order chi connectivity index (χ1) is 11.3. The first-order valence-electron chi connectivity index (χ1n) is 7.01. The molecule has 1 rings (SSSR count). The third-order valence-electron chi connectivity index (χ3n) is 2.78. The fourth-order valence-corrected chi connectivity index (χ4v) is 2.37. The number of hydrogen-bond acceptors (Lipinski definition) is 5. The Morgan fingerprint density at radius 2 is 1.88 bits per heavy atom. The number of sulfonamides is 1. The van der Waals surface area contributed by atoms with Crippen LogP contribution in [0.15, 0.2) is 49.6 Å². The Kier molecular flexibility index (Phi) is 7.19. The van der Waals surface area contributed by atoms with Crippen molar-refractivity contribution in [2.45, 2.75) is 0 Å². The van der Waals surface area contributed by atoms with Gasteiger partial charge in [0, 0.05) is 18.8 Å². The highest BCUT2D eigenvalue weighted by molar-refractivity contribution is 7.92. The Morgan fingerprint density at radius 3 is 2.42 bits per heavy atom. The summed E-state index contributed by atoms with van der Waals surface area (Å²) in [5, 5.41) is 0. The summed E-state index contributed by atoms with van der Waals surface area (Å²) in [6.07, 6.45) is 4.12. The number of amides is 1. The maximum absolute atomic E-state index is 12.0. The minimum atomic E-state index is -3.45. The summed E-state index contributed by atoms with van der Waals surface area (Å²) in [7, 11) is -3.45. The largest absolute Gasteiger partial charge is 0.452 e. The minimum Gasteiger partial charge on any atom is -0.452 e. The molecule has 0 saturated carbocycles. The molecule has 0 fully saturated rings. The number of nitrogens with one attached hydrogen (secondary N) is 1. The van der Waals surface area contributed by atoms with Crippen molar-refractivity contribution < 1.29 is 22.7 Å². The number of anilines is 1. The minimum absolute atomic E-state index is 0.135. The van der Waals surface area contributed by atoms with E-state index in [1.807, 2.05) is 0 Å². The van der Waals surface area contributed by atoms with Crippen LogP contribution in [0.3, 0.4) is 0 Å². The van der Waals surface area contributed by atoms with Gasteiger partial charge in [0.25, 0.3) is 5.91 Å². The second kappa shape index (κ2) is 8.88. The molecule has 0 spiro atoms. The summed E-state index contributed by atoms with van der Waals surface area (Å²) < 4.78 is 29.6. The summed E-state index contributed by atoms with van der Waals surface area (Å²) in [6.45, 7) is 7.31. The van der Waals surface area contributed by atoms with Crippen molar-refractivity contribution >= 4 is 27.6 Å². The molecule has 7 nitrogen and oxygen atoms in total. The monoisotopic (exact) mass is 352 g/mol. The third kappa shape index (κ3) is 6.66. The number of hydrogen-bond donors (Lipinski definition) is 1. The van der Waals surface area contributed by atoms with E-state index in [-0.39, 0.29) is 17.2 Å². The number of carbonyl (C=O) groups is 2. The van der Waals surface area contributed by atoms with Crippen LogP contribution in [-0.2, 0) is 19.6 Å². The van der Waals surface area contributed by atoms with Crippen LogP contribution in [0.2, 0.25) is 0 Å². The lowest BCUT2D eigenvalue weighted by Crippen LogP contribution is -2.35. The van der Waals surface area contributed by atoms with Gasteiger partial charge in [0.1, 0.15) is 0 Å². The molecule has 24 heavy (non-hydrogen) atoms. The van der Waals surface area contributed by atoms with E-state index in [0.29, 0.717) is 13.1 Å². The van der Waals surface area contributed by atoms with Crippen LogP contribution in [0, 0.1) is 0 Å². The Balaban J connectivity index is 2.71. The van der Waals surface area contributed by atoms with E-state index < -0.39 is 22.6 Å². The molecule has 1 amide bonds. The van der Waals surface area contributed by atoms with Crippen LogP contribution in [-0.4, -0.2) is 51.1 Å². The molecule has 1 aromatic carbocycles. The molecule has 0 radical (unpaired) electrons. The Hall–Kier alpha value is -2.61. The second-order valence-corrected chi connectivity index (χ2v) is 6.66. The summed E-state index contributed by atoms with van der Waals surface area (Å²) in [6, 6.07) is 5.80. The van der Waals surface area contributed by atoms with Crippen LogP contribution >= 0.6 is 0 Å². The zero-order chi connectivity index (χ0) is 18.2. The standard InChI is InChI=1S/C16H20N2O5S/c1-4-9-18(10-5-2)15(19)12-23-16(20)13-7-6-8-14(11-13)17-24(3,21)22/h4-8,11,17H,1-2,9-10,12H2,3H3. The molecule has 0 aliphatic rings. The Morgan fingerprint density at radius 1 is 1.25 bits per heavy atom. The van der Waals surface area contributed by atoms with Gasteiger partial charge in [-0.15, -0.1) is 13.2 Å². The molecule has 8 heteroatoms. The lowest BCUT2D eigenvalue weighted by Gasteiger charge is -2.19. The predicted molar refractivity (Wildman–Crippen MR) is 92.2 cm³/mol. The molecule has 0 unspecified atom stereocenters. The average molecular weight is 352 g/mol. The molecule has 0 heterocycles. The van der Waals surface area contributed by atoms with E-state index >= 15 is 0 Å². The molecule has 0 aliphatic carbocycles. The molecule has 130 valence electrons. The number of nitrogens with zero attached hydrogens (tertiary/aromatic N) is 1. The molecule has 1 N–H and O–H groups in total. The van der Waals surface area contributed by atoms with E-state index in [9.17, 15) is 18.0 Å². The maximum atomic E-state index is 12.0. The zero-order valence-corrected chi connectivity index (χ0v) is 14.2. The molecular formula is C16H20N2O5S. The highest BCUT2D eigenvalue weighted by Gasteiger charge is 2.15. The van der Waals surface area contributed by atoms with Gasteiger partial charge in [-0.05, 0) is 18.2 Å². The normalized spacial score (nSPS) is 10.5. The van der Waals surface area contributed by atoms with Crippen molar-refractivity contribution in [2.75, 3.05) is 30.7 Å². The van der Waals surface area contributed by atoms with Crippen molar-refractivity contribution in [1.29, 1.82) is 0 Å². The summed E-state index contributed by atoms with van der Waals surface area (Å²) in [5.41, 5.74) is 0.369. The smallest absolute Gasteiger partial charge is 0.338 e. The van der Waals surface area contributed by atoms with Gasteiger partial charge in [0.2, 0.25) is 10.0 Å². The average Bonchev–Trinajstić information content (AvgIpc) is 2.50. The van der Waals surface area contributed by atoms with E-state index in [2.05, 4.69) is 17.9 Å². The van der Waals surface area contributed by atoms with Gasteiger partial charge in [-0.25, -0.2) is 13.2 Å². The van der Waals surface area contributed by atoms with E-state index in [1.54, 1.807) is 12.2 Å². The van der Waals surface area contributed by atoms with Crippen LogP contribution in [0.1, 0.15) is 10.4 Å². The Labute approximate surface area is 141 Å². The van der Waals surface area contributed by atoms with Crippen LogP contribution in [0.4, 0.5) is 5.69 Å². The summed E-state index contributed by atoms with van der Waals surface area (Å²) >= 11 is 0. The van der Waals surface area contributed by atoms with Gasteiger partial charge < -0.3 is 9.64 Å². The quantitative estimate of drug-likeness (QED) is 0.536. The molecule has 1 aromatic rings. The van der Waals surface area contributed by atoms with Gasteiger partial charge in [-0.3, -0.25) is 9.52 Å². The molecule has 0 bridgehead atoms. The van der Waals surface area contributed by atoms with Gasteiger partial charge >= 0.3 is 5.97 Å². The zero-order valence-electron chi connectivity index (χ0n) is 13.4. The fourth-order valence-electron chi connectivity index (χ4n) is 1.82. The summed E-state index contributed by atoms with van der Waals surface area (Å²) in [4.78, 5) is 25.4. The van der Waals surface area contributed by atoms with E-state index in [0.717, 1.165) is 6.26 Å². The first-order valence-corrected chi connectivity index (χ1v) is 8.90. The number of ether oxygens (including phenoxy) is 1. The van der Waals surface area contributed by atoms with Crippen molar-refractivity contribution in [3.8, 4) is 0 Å². The van der Waals surface area contributed by atoms with Gasteiger partial charge in [0.05, 0.1) is 11.8 Å². The highest BCUT2D eigenvalue weighted by atomic mass is 32.2. The number of carbonyl (C=O) groups excluding carboxylic acids is 2. The summed E-state index contributed by atoms with van der Waals surface area (Å²) in [5.74, 6) is -1.11. The van der Waals surface area contributed by atoms with Gasteiger partial charge in [-0.1, -0.05) is 18.2 Å². The number of benzene rings is 1. The molecule has 0 aliphatic heterocycles. The molecular weight excluding hydrogens is 332 g/mol. The van der Waals surface area contributed by atoms with E-state index in [1.165, 1.54) is 29.2 Å². The molecule has 0 aromatic heterocycles. The van der Waals surface area contributed by atoms with Gasteiger partial charge in [0.15, 0.2) is 6.61 Å². The van der Waals surface area contributed by atoms with Crippen LogP contribution in [0.5, 0.6) is 0 Å². The second-order valence-electron chi connectivity index (χ2n) is 4.91. The SMILES string of the molecule is C=CCN(CC=C)C(=O)COC(=O)c1cccc(NS(C)(=O)=O)c1. The first kappa shape index (κ1) is 19.4. The van der Waals surface area contributed by atoms with E-state index in [4.69, 9.17) is 4.74 Å². The van der Waals surface area contributed by atoms with Gasteiger partial charge in [-0.2, -0.15) is 0 Å². The Bertz CT molecular complexity index is 718. The lowest BCUT2D eigenvalue weighted by molar-refractivity contribution is -0.133. The third-order valence-corrected chi connectivity index (χ3v) is 3.39. The predicted octanol–water partition coefficient (Wildman–Crippen LogP) is 1.42. The highest BCUT2D eigenvalue weighted by Crippen LogP contribution is 2.13. The topological polar surface area (TPSA) is 92.8 Å². The lowest BCUT2D eigenvalue weighted by atomic mass is 10.2.